The van der Waals surface area contributed by atoms with Crippen LogP contribution >= 0.6 is 11.3 Å². The van der Waals surface area contributed by atoms with Gasteiger partial charge in [-0.05, 0) is 30.2 Å². The van der Waals surface area contributed by atoms with Crippen molar-refractivity contribution in [2.45, 2.75) is 26.9 Å². The predicted octanol–water partition coefficient (Wildman–Crippen LogP) is 4.73. The Hall–Kier alpha value is -2.90. The van der Waals surface area contributed by atoms with Crippen molar-refractivity contribution in [2.24, 2.45) is 11.8 Å². The summed E-state index contributed by atoms with van der Waals surface area (Å²) in [6.07, 6.45) is 6.10. The number of benzene rings is 1. The van der Waals surface area contributed by atoms with Crippen LogP contribution in [0.15, 0.2) is 54.4 Å². The first-order chi connectivity index (χ1) is 15.0. The van der Waals surface area contributed by atoms with E-state index in [4.69, 9.17) is 5.11 Å². The van der Waals surface area contributed by atoms with Crippen molar-refractivity contribution in [3.05, 3.63) is 59.3 Å². The van der Waals surface area contributed by atoms with E-state index < -0.39 is 5.97 Å². The largest absolute Gasteiger partial charge is 0.481 e. The number of carboxylic acid groups (broad SMARTS) is 1. The molecule has 0 radical (unpaired) electrons. The molecule has 1 saturated heterocycles. The lowest BCUT2D eigenvalue weighted by Gasteiger charge is -2.36. The van der Waals surface area contributed by atoms with Gasteiger partial charge in [-0.25, -0.2) is 4.98 Å². The summed E-state index contributed by atoms with van der Waals surface area (Å²) in [6, 6.07) is 10.9. The minimum absolute atomic E-state index is 0.213. The summed E-state index contributed by atoms with van der Waals surface area (Å²) < 4.78 is 4.37. The van der Waals surface area contributed by atoms with Gasteiger partial charge in [0.15, 0.2) is 0 Å². The number of thiophene rings is 1. The van der Waals surface area contributed by atoms with Gasteiger partial charge in [-0.3, -0.25) is 9.69 Å². The number of aromatic nitrogens is 3. The van der Waals surface area contributed by atoms with Crippen LogP contribution in [0.2, 0.25) is 0 Å². The summed E-state index contributed by atoms with van der Waals surface area (Å²) in [5.74, 6) is -0.292. The van der Waals surface area contributed by atoms with Gasteiger partial charge >= 0.3 is 5.97 Å². The average molecular weight is 435 g/mol. The second kappa shape index (κ2) is 7.98. The van der Waals surface area contributed by atoms with E-state index in [1.807, 2.05) is 6.33 Å². The fraction of sp³-hybridized carbons (Fsp3) is 0.333. The minimum atomic E-state index is -0.691. The third-order valence-corrected chi connectivity index (χ3v) is 6.74. The molecule has 6 nitrogen and oxygen atoms in total. The van der Waals surface area contributed by atoms with Crippen molar-refractivity contribution < 1.29 is 9.90 Å². The number of nitrogens with zero attached hydrogens (tertiary/aromatic N) is 4. The molecule has 0 bridgehead atoms. The molecular weight excluding hydrogens is 408 g/mol. The lowest BCUT2D eigenvalue weighted by molar-refractivity contribution is -0.147. The minimum Gasteiger partial charge on any atom is -0.481 e. The topological polar surface area (TPSA) is 63.3 Å². The molecule has 4 heterocycles. The standard InChI is InChI=1S/C24H26N4O2S/c1-16(2)9-27-6-5-18-7-17(3-4-23(18)27)22-13-28(15-25-22)20-8-21(31-14-20)12-26-10-19(11-26)24(29)30/h3-8,13-16,19H,9-12H2,1-2H3,(H,29,30). The predicted molar refractivity (Wildman–Crippen MR) is 124 cm³/mol. The fourth-order valence-electron chi connectivity index (χ4n) is 4.19. The molecule has 1 aliphatic heterocycles. The third kappa shape index (κ3) is 4.03. The Morgan fingerprint density at radius 2 is 2.10 bits per heavy atom. The molecule has 160 valence electrons. The summed E-state index contributed by atoms with van der Waals surface area (Å²) in [6.45, 7) is 7.57. The van der Waals surface area contributed by atoms with Crippen molar-refractivity contribution >= 4 is 28.2 Å². The first-order valence-electron chi connectivity index (χ1n) is 10.6. The zero-order valence-corrected chi connectivity index (χ0v) is 18.5. The van der Waals surface area contributed by atoms with Crippen LogP contribution in [-0.4, -0.2) is 43.2 Å². The highest BCUT2D eigenvalue weighted by molar-refractivity contribution is 7.10. The van der Waals surface area contributed by atoms with Crippen molar-refractivity contribution in [3.8, 4) is 16.9 Å². The van der Waals surface area contributed by atoms with Gasteiger partial charge in [0.2, 0.25) is 0 Å². The van der Waals surface area contributed by atoms with E-state index >= 15 is 0 Å². The van der Waals surface area contributed by atoms with E-state index in [1.165, 1.54) is 15.8 Å². The van der Waals surface area contributed by atoms with Gasteiger partial charge < -0.3 is 14.2 Å². The summed E-state index contributed by atoms with van der Waals surface area (Å²) in [4.78, 5) is 19.0. The van der Waals surface area contributed by atoms with E-state index in [-0.39, 0.29) is 5.92 Å². The lowest BCUT2D eigenvalue weighted by Crippen LogP contribution is -2.49. The third-order valence-electron chi connectivity index (χ3n) is 5.84. The molecule has 1 N–H and O–H groups in total. The average Bonchev–Trinajstić information content (AvgIpc) is 3.43. The molecule has 4 aromatic rings. The number of rotatable bonds is 7. The molecular formula is C24H26N4O2S. The SMILES string of the molecule is CC(C)Cn1ccc2cc(-c3cn(-c4csc(CN5CC(C(=O)O)C5)c4)cn3)ccc21. The molecule has 0 atom stereocenters. The molecule has 0 amide bonds. The number of carboxylic acids is 1. The van der Waals surface area contributed by atoms with Gasteiger partial charge in [0.25, 0.3) is 0 Å². The Balaban J connectivity index is 1.30. The van der Waals surface area contributed by atoms with Crippen molar-refractivity contribution in [2.75, 3.05) is 13.1 Å². The highest BCUT2D eigenvalue weighted by atomic mass is 32.1. The van der Waals surface area contributed by atoms with E-state index in [0.717, 1.165) is 30.0 Å². The van der Waals surface area contributed by atoms with Crippen molar-refractivity contribution in [1.29, 1.82) is 0 Å². The van der Waals surface area contributed by atoms with Crippen LogP contribution in [0.5, 0.6) is 0 Å². The highest BCUT2D eigenvalue weighted by Gasteiger charge is 2.32. The normalized spacial score (nSPS) is 15.1. The van der Waals surface area contributed by atoms with Gasteiger partial charge in [-0.15, -0.1) is 11.3 Å². The molecule has 7 heteroatoms. The second-order valence-electron chi connectivity index (χ2n) is 8.80. The van der Waals surface area contributed by atoms with Gasteiger partial charge in [0.1, 0.15) is 0 Å². The molecule has 1 aromatic carbocycles. The number of aliphatic carboxylic acids is 1. The Morgan fingerprint density at radius 3 is 2.87 bits per heavy atom. The zero-order chi connectivity index (χ0) is 21.5. The van der Waals surface area contributed by atoms with Crippen LogP contribution in [-0.2, 0) is 17.9 Å². The van der Waals surface area contributed by atoms with Crippen LogP contribution in [0.3, 0.4) is 0 Å². The van der Waals surface area contributed by atoms with Crippen molar-refractivity contribution in [1.82, 2.24) is 19.0 Å². The van der Waals surface area contributed by atoms with Crippen LogP contribution in [0.1, 0.15) is 18.7 Å². The molecule has 0 unspecified atom stereocenters. The molecule has 0 saturated carbocycles. The van der Waals surface area contributed by atoms with Crippen LogP contribution in [0.4, 0.5) is 0 Å². The maximum absolute atomic E-state index is 11.0. The summed E-state index contributed by atoms with van der Waals surface area (Å²) in [5, 5.41) is 12.4. The second-order valence-corrected chi connectivity index (χ2v) is 9.80. The van der Waals surface area contributed by atoms with Gasteiger partial charge in [-0.2, -0.15) is 0 Å². The van der Waals surface area contributed by atoms with E-state index in [2.05, 4.69) is 81.0 Å². The lowest BCUT2D eigenvalue weighted by atomic mass is 10.0. The molecule has 1 aliphatic rings. The van der Waals surface area contributed by atoms with Crippen LogP contribution in [0.25, 0.3) is 27.8 Å². The Kier molecular flexibility index (Phi) is 5.16. The summed E-state index contributed by atoms with van der Waals surface area (Å²) in [5.41, 5.74) is 4.43. The van der Waals surface area contributed by atoms with E-state index in [0.29, 0.717) is 19.0 Å². The van der Waals surface area contributed by atoms with E-state index in [9.17, 15) is 4.79 Å². The number of hydrogen-bond acceptors (Lipinski definition) is 4. The smallest absolute Gasteiger partial charge is 0.309 e. The molecule has 1 fully saturated rings. The first-order valence-corrected chi connectivity index (χ1v) is 11.5. The summed E-state index contributed by atoms with van der Waals surface area (Å²) in [7, 11) is 0. The van der Waals surface area contributed by atoms with E-state index in [1.54, 1.807) is 11.3 Å². The van der Waals surface area contributed by atoms with Crippen LogP contribution in [0, 0.1) is 11.8 Å². The molecule has 0 aliphatic carbocycles. The maximum atomic E-state index is 11.0. The Bertz CT molecular complexity index is 1230. The Labute approximate surface area is 185 Å². The summed E-state index contributed by atoms with van der Waals surface area (Å²) >= 11 is 1.71. The number of fused-ring (bicyclic) bond motifs is 1. The number of hydrogen-bond donors (Lipinski definition) is 1. The van der Waals surface area contributed by atoms with Crippen molar-refractivity contribution in [3.63, 3.8) is 0 Å². The van der Waals surface area contributed by atoms with Gasteiger partial charge in [-0.1, -0.05) is 19.9 Å². The van der Waals surface area contributed by atoms with Gasteiger partial charge in [0, 0.05) is 65.3 Å². The zero-order valence-electron chi connectivity index (χ0n) is 17.7. The maximum Gasteiger partial charge on any atom is 0.309 e. The monoisotopic (exact) mass is 434 g/mol. The first kappa shape index (κ1) is 20.0. The van der Waals surface area contributed by atoms with Gasteiger partial charge in [0.05, 0.1) is 23.6 Å². The highest BCUT2D eigenvalue weighted by Crippen LogP contribution is 2.28. The number of carbonyl (C=O) groups is 1. The number of imidazole rings is 1. The van der Waals surface area contributed by atoms with Crippen LogP contribution < -0.4 is 0 Å². The number of likely N-dealkylation sites (tertiary alicyclic amines) is 1. The molecule has 0 spiro atoms. The molecule has 3 aromatic heterocycles. The molecule has 5 rings (SSSR count). The molecule has 31 heavy (non-hydrogen) atoms. The fourth-order valence-corrected chi connectivity index (χ4v) is 5.10. The quantitative estimate of drug-likeness (QED) is 0.457. The Morgan fingerprint density at radius 1 is 1.26 bits per heavy atom.